The largest absolute Gasteiger partial charge is 0.493 e. The highest BCUT2D eigenvalue weighted by molar-refractivity contribution is 7.16. The fourth-order valence-corrected chi connectivity index (χ4v) is 4.61. The van der Waals surface area contributed by atoms with E-state index in [1.165, 1.54) is 18.3 Å². The van der Waals surface area contributed by atoms with Gasteiger partial charge in [-0.3, -0.25) is 9.69 Å². The molecule has 1 aromatic heterocycles. The number of thiophene rings is 1. The van der Waals surface area contributed by atoms with Gasteiger partial charge in [0.15, 0.2) is 11.5 Å². The second kappa shape index (κ2) is 9.95. The lowest BCUT2D eigenvalue weighted by Crippen LogP contribution is -2.42. The van der Waals surface area contributed by atoms with Crippen molar-refractivity contribution in [2.75, 3.05) is 18.6 Å². The Morgan fingerprint density at radius 3 is 2.58 bits per heavy atom. The fraction of sp³-hybridized carbons (Fsp3) is 0.280. The Bertz CT molecular complexity index is 1160. The van der Waals surface area contributed by atoms with Crippen molar-refractivity contribution in [1.82, 2.24) is 0 Å². The molecule has 2 aromatic carbocycles. The summed E-state index contributed by atoms with van der Waals surface area (Å²) in [6.07, 6.45) is 4.67. The molecule has 8 heteroatoms. The number of ether oxygens (including phenoxy) is 2. The zero-order valence-corrected chi connectivity index (χ0v) is 20.0. The molecule has 0 spiro atoms. The lowest BCUT2D eigenvalue weighted by atomic mass is 9.81. The Morgan fingerprint density at radius 1 is 1.18 bits per heavy atom. The van der Waals surface area contributed by atoms with E-state index in [0.717, 1.165) is 40.3 Å². The molecule has 0 radical (unpaired) electrons. The van der Waals surface area contributed by atoms with Crippen LogP contribution < -0.4 is 14.4 Å². The molecular formula is C25H25ClN2O4S. The second-order valence-corrected chi connectivity index (χ2v) is 9.71. The van der Waals surface area contributed by atoms with Crippen molar-refractivity contribution in [2.45, 2.75) is 31.8 Å². The summed E-state index contributed by atoms with van der Waals surface area (Å²) in [7, 11) is 1.54. The first-order chi connectivity index (χ1) is 15.9. The highest BCUT2D eigenvalue weighted by atomic mass is 35.5. The number of aliphatic hydroxyl groups is 1. The molecule has 0 unspecified atom stereocenters. The Hall–Kier alpha value is -2.87. The number of methoxy groups -OCH3 is 1. The minimum Gasteiger partial charge on any atom is -0.493 e. The number of carbonyl (C=O) groups excluding carboxylic acids is 1. The lowest BCUT2D eigenvalue weighted by molar-refractivity contribution is -0.106. The van der Waals surface area contributed by atoms with Crippen LogP contribution in [0.2, 0.25) is 5.02 Å². The van der Waals surface area contributed by atoms with Crippen LogP contribution in [0.15, 0.2) is 53.5 Å². The maximum Gasteiger partial charge on any atom is 0.219 e. The van der Waals surface area contributed by atoms with E-state index < -0.39 is 5.60 Å². The summed E-state index contributed by atoms with van der Waals surface area (Å²) < 4.78 is 11.2. The third kappa shape index (κ3) is 5.38. The Morgan fingerprint density at radius 2 is 1.94 bits per heavy atom. The molecule has 3 aromatic rings. The molecule has 1 saturated carbocycles. The van der Waals surface area contributed by atoms with Crippen LogP contribution in [0.25, 0.3) is 10.4 Å². The van der Waals surface area contributed by atoms with Crippen molar-refractivity contribution in [3.05, 3.63) is 58.4 Å². The van der Waals surface area contributed by atoms with E-state index in [1.807, 2.05) is 37.3 Å². The van der Waals surface area contributed by atoms with Crippen LogP contribution in [0.5, 0.6) is 11.5 Å². The summed E-state index contributed by atoms with van der Waals surface area (Å²) in [5.41, 5.74) is 1.69. The van der Waals surface area contributed by atoms with Gasteiger partial charge in [-0.25, -0.2) is 4.99 Å². The number of hydrogen-bond donors (Lipinski definition) is 1. The molecule has 0 aliphatic heterocycles. The molecule has 6 nitrogen and oxygen atoms in total. The third-order valence-corrected chi connectivity index (χ3v) is 7.02. The number of aliphatic imine (C=N–C) groups is 1. The van der Waals surface area contributed by atoms with Gasteiger partial charge in [-0.1, -0.05) is 23.7 Å². The highest BCUT2D eigenvalue weighted by Gasteiger charge is 2.35. The van der Waals surface area contributed by atoms with Crippen LogP contribution in [0.1, 0.15) is 24.1 Å². The van der Waals surface area contributed by atoms with Crippen molar-refractivity contribution in [1.29, 1.82) is 0 Å². The van der Waals surface area contributed by atoms with Crippen molar-refractivity contribution in [3.8, 4) is 21.9 Å². The van der Waals surface area contributed by atoms with E-state index in [0.29, 0.717) is 28.6 Å². The van der Waals surface area contributed by atoms with Crippen molar-refractivity contribution in [2.24, 2.45) is 4.99 Å². The lowest BCUT2D eigenvalue weighted by Gasteiger charge is -2.36. The SMILES string of the molecule is COc1cc(N(C=O)C=Nc2cc(-c3ccc(Cl)cc3)sc2C)ccc1OCC1(O)CCC1. The number of hydrogen-bond acceptors (Lipinski definition) is 6. The minimum atomic E-state index is -0.756. The topological polar surface area (TPSA) is 71.4 Å². The number of nitrogens with zero attached hydrogens (tertiary/aromatic N) is 2. The first kappa shape index (κ1) is 23.3. The predicted molar refractivity (Wildman–Crippen MR) is 133 cm³/mol. The van der Waals surface area contributed by atoms with Crippen molar-refractivity contribution >= 4 is 47.1 Å². The molecule has 1 aliphatic rings. The Kier molecular flexibility index (Phi) is 7.02. The number of rotatable bonds is 9. The number of carbonyl (C=O) groups is 1. The molecule has 1 fully saturated rings. The summed E-state index contributed by atoms with van der Waals surface area (Å²) in [6, 6.07) is 14.8. The molecular weight excluding hydrogens is 460 g/mol. The van der Waals surface area contributed by atoms with Gasteiger partial charge in [-0.05, 0) is 62.1 Å². The van der Waals surface area contributed by atoms with Gasteiger partial charge in [-0.2, -0.15) is 0 Å². The molecule has 172 valence electrons. The number of anilines is 1. The molecule has 1 aliphatic carbocycles. The molecule has 1 N–H and O–H groups in total. The standard InChI is InChI=1S/C25H25ClN2O4S/c1-17-21(13-24(33-17)18-4-6-19(26)7-5-18)27-15-28(16-29)20-8-9-22(23(12-20)31-2)32-14-25(30)10-3-11-25/h4-9,12-13,15-16,30H,3,10-11,14H2,1-2H3. The fourth-order valence-electron chi connectivity index (χ4n) is 3.51. The van der Waals surface area contributed by atoms with E-state index in [4.69, 9.17) is 21.1 Å². The summed E-state index contributed by atoms with van der Waals surface area (Å²) in [4.78, 5) is 19.8. The van der Waals surface area contributed by atoms with E-state index in [-0.39, 0.29) is 6.61 Å². The van der Waals surface area contributed by atoms with Crippen molar-refractivity contribution in [3.63, 3.8) is 0 Å². The van der Waals surface area contributed by atoms with E-state index in [2.05, 4.69) is 4.99 Å². The highest BCUT2D eigenvalue weighted by Crippen LogP contribution is 2.37. The maximum atomic E-state index is 11.8. The second-order valence-electron chi connectivity index (χ2n) is 8.02. The first-order valence-electron chi connectivity index (χ1n) is 10.6. The monoisotopic (exact) mass is 484 g/mol. The van der Waals surface area contributed by atoms with Crippen LogP contribution in [-0.4, -0.2) is 37.2 Å². The smallest absolute Gasteiger partial charge is 0.219 e. The zero-order chi connectivity index (χ0) is 23.4. The van der Waals surface area contributed by atoms with Gasteiger partial charge in [0.25, 0.3) is 0 Å². The summed E-state index contributed by atoms with van der Waals surface area (Å²) in [6.45, 7) is 2.21. The van der Waals surface area contributed by atoms with Crippen LogP contribution in [0, 0.1) is 6.92 Å². The first-order valence-corrected chi connectivity index (χ1v) is 11.8. The van der Waals surface area contributed by atoms with E-state index in [9.17, 15) is 9.90 Å². The summed E-state index contributed by atoms with van der Waals surface area (Å²) >= 11 is 7.62. The molecule has 4 rings (SSSR count). The minimum absolute atomic E-state index is 0.217. The average Bonchev–Trinajstić information content (AvgIpc) is 3.18. The molecule has 33 heavy (non-hydrogen) atoms. The molecule has 1 heterocycles. The summed E-state index contributed by atoms with van der Waals surface area (Å²) in [5.74, 6) is 0.998. The van der Waals surface area contributed by atoms with Crippen LogP contribution >= 0.6 is 22.9 Å². The number of halogens is 1. The normalized spacial score (nSPS) is 14.7. The maximum absolute atomic E-state index is 11.8. The summed E-state index contributed by atoms with van der Waals surface area (Å²) in [5, 5.41) is 11.0. The van der Waals surface area contributed by atoms with Gasteiger partial charge in [-0.15, -0.1) is 11.3 Å². The number of benzene rings is 2. The van der Waals surface area contributed by atoms with E-state index >= 15 is 0 Å². The van der Waals surface area contributed by atoms with Gasteiger partial charge >= 0.3 is 0 Å². The van der Waals surface area contributed by atoms with Gasteiger partial charge < -0.3 is 14.6 Å². The van der Waals surface area contributed by atoms with Crippen LogP contribution in [-0.2, 0) is 4.79 Å². The van der Waals surface area contributed by atoms with Gasteiger partial charge in [0, 0.05) is 20.8 Å². The predicted octanol–water partition coefficient (Wildman–Crippen LogP) is 6.00. The molecule has 0 atom stereocenters. The third-order valence-electron chi connectivity index (χ3n) is 5.68. The van der Waals surface area contributed by atoms with Gasteiger partial charge in [0.2, 0.25) is 6.41 Å². The van der Waals surface area contributed by atoms with Crippen LogP contribution in [0.4, 0.5) is 11.4 Å². The van der Waals surface area contributed by atoms with Gasteiger partial charge in [0.1, 0.15) is 12.9 Å². The Balaban J connectivity index is 1.50. The molecule has 1 amide bonds. The Labute approximate surface area is 202 Å². The number of amides is 1. The number of aryl methyl sites for hydroxylation is 1. The van der Waals surface area contributed by atoms with E-state index in [1.54, 1.807) is 29.5 Å². The zero-order valence-electron chi connectivity index (χ0n) is 18.5. The molecule has 0 saturated heterocycles. The van der Waals surface area contributed by atoms with Crippen LogP contribution in [0.3, 0.4) is 0 Å². The van der Waals surface area contributed by atoms with Crippen molar-refractivity contribution < 1.29 is 19.4 Å². The quantitative estimate of drug-likeness (QED) is 0.229. The average molecular weight is 485 g/mol. The van der Waals surface area contributed by atoms with Gasteiger partial charge in [0.05, 0.1) is 24.1 Å². The molecule has 0 bridgehead atoms.